The van der Waals surface area contributed by atoms with E-state index in [9.17, 15) is 45.6 Å². The molecule has 312 valence electrons. The molecule has 2 fully saturated rings. The van der Waals surface area contributed by atoms with Crippen LogP contribution in [0.4, 0.5) is 0 Å². The maximum Gasteiger partial charge on any atom is 0.397 e. The molecule has 2 aliphatic carbocycles. The zero-order chi connectivity index (χ0) is 41.5. The molecule has 0 bridgehead atoms. The Bertz CT molecular complexity index is 1650. The highest BCUT2D eigenvalue weighted by Crippen LogP contribution is 2.45. The third-order valence-corrected chi connectivity index (χ3v) is 10.6. The Labute approximate surface area is 320 Å². The Balaban J connectivity index is 0.000000326. The van der Waals surface area contributed by atoms with Crippen LogP contribution >= 0.6 is 0 Å². The second-order valence-electron chi connectivity index (χ2n) is 13.5. The van der Waals surface area contributed by atoms with E-state index in [4.69, 9.17) is 29.8 Å². The summed E-state index contributed by atoms with van der Waals surface area (Å²) in [7, 11) is -8.91. The minimum absolute atomic E-state index is 0.00579. The lowest BCUT2D eigenvalue weighted by molar-refractivity contribution is -0.154. The molecule has 4 rings (SSSR count). The van der Waals surface area contributed by atoms with Gasteiger partial charge in [0.2, 0.25) is 11.8 Å². The van der Waals surface area contributed by atoms with Gasteiger partial charge in [-0.3, -0.25) is 42.8 Å². The van der Waals surface area contributed by atoms with Crippen molar-refractivity contribution >= 4 is 56.5 Å². The van der Waals surface area contributed by atoms with Gasteiger partial charge < -0.3 is 20.7 Å². The average Bonchev–Trinajstić information content (AvgIpc) is 3.53. The van der Waals surface area contributed by atoms with Gasteiger partial charge in [0, 0.05) is 19.4 Å². The standard InChI is InChI=1S/C17H25NO8S.C15H20O5.C2H7NO4S/c1-2-4-11-7-8-12(5-3-6-13(19)20)15-14(11)16(21)18(17(15)22)9-10-26-27(23,24)25;1-2-4-9-7-8-10(5-3-6-11(16)17)13-12(9)14(18)20-15(13)19;3-1-2-7-8(4,5)6/h7-8,11-12,14-15H,2-6,9-10H2,1H3,(H,19,20)(H,23,24,25);7-10,12-13H,2-6H2,1H3,(H,16,17);1-3H2,(H,4,5,6). The van der Waals surface area contributed by atoms with E-state index in [0.29, 0.717) is 25.7 Å². The van der Waals surface area contributed by atoms with Crippen LogP contribution in [0.1, 0.15) is 78.1 Å². The van der Waals surface area contributed by atoms with Crippen LogP contribution in [0, 0.1) is 47.3 Å². The number of cyclic esters (lactones) is 2. The Morgan fingerprint density at radius 1 is 0.673 bits per heavy atom. The highest BCUT2D eigenvalue weighted by Gasteiger charge is 2.54. The molecule has 0 aromatic heterocycles. The number of likely N-dealkylation sites (tertiary alicyclic amines) is 1. The van der Waals surface area contributed by atoms with E-state index < -0.39 is 74.9 Å². The molecule has 55 heavy (non-hydrogen) atoms. The summed E-state index contributed by atoms with van der Waals surface area (Å²) in [6, 6.07) is 0. The number of ether oxygens (including phenoxy) is 1. The summed E-state index contributed by atoms with van der Waals surface area (Å²) in [5.41, 5.74) is 4.84. The molecule has 2 aliphatic heterocycles. The Morgan fingerprint density at radius 3 is 1.38 bits per heavy atom. The van der Waals surface area contributed by atoms with Crippen molar-refractivity contribution in [3.8, 4) is 0 Å². The molecule has 19 nitrogen and oxygen atoms in total. The van der Waals surface area contributed by atoms with E-state index in [0.717, 1.165) is 30.6 Å². The first-order valence-corrected chi connectivity index (χ1v) is 20.8. The molecule has 0 aromatic carbocycles. The fourth-order valence-corrected chi connectivity index (χ4v) is 8.08. The number of carbonyl (C=O) groups excluding carboxylic acids is 4. The van der Waals surface area contributed by atoms with E-state index in [2.05, 4.69) is 8.37 Å². The molecule has 2 amide bonds. The monoisotopic (exact) mass is 824 g/mol. The van der Waals surface area contributed by atoms with Crippen molar-refractivity contribution in [3.05, 3.63) is 24.3 Å². The van der Waals surface area contributed by atoms with Crippen molar-refractivity contribution in [2.75, 3.05) is 26.3 Å². The number of fused-ring (bicyclic) bond motifs is 2. The largest absolute Gasteiger partial charge is 0.481 e. The van der Waals surface area contributed by atoms with Crippen LogP contribution < -0.4 is 5.73 Å². The molecular weight excluding hydrogens is 773 g/mol. The molecule has 8 atom stereocenters. The molecule has 8 unspecified atom stereocenters. The minimum Gasteiger partial charge on any atom is -0.481 e. The zero-order valence-corrected chi connectivity index (χ0v) is 32.4. The van der Waals surface area contributed by atoms with Crippen molar-refractivity contribution in [2.45, 2.75) is 78.1 Å². The summed E-state index contributed by atoms with van der Waals surface area (Å²) in [6.07, 6.45) is 13.3. The summed E-state index contributed by atoms with van der Waals surface area (Å²) in [4.78, 5) is 71.7. The number of allylic oxidation sites excluding steroid dienone is 4. The van der Waals surface area contributed by atoms with E-state index in [1.54, 1.807) is 0 Å². The minimum atomic E-state index is -4.64. The molecule has 2 saturated heterocycles. The number of nitrogens with two attached hydrogens (primary N) is 1. The van der Waals surface area contributed by atoms with Crippen molar-refractivity contribution in [3.63, 3.8) is 0 Å². The molecule has 2 heterocycles. The van der Waals surface area contributed by atoms with Gasteiger partial charge in [-0.15, -0.1) is 0 Å². The summed E-state index contributed by atoms with van der Waals surface area (Å²) in [5.74, 6) is -5.57. The predicted octanol–water partition coefficient (Wildman–Crippen LogP) is 2.19. The first kappa shape index (κ1) is 47.6. The van der Waals surface area contributed by atoms with Gasteiger partial charge in [-0.2, -0.15) is 16.8 Å². The third-order valence-electron chi connectivity index (χ3n) is 9.68. The smallest absolute Gasteiger partial charge is 0.397 e. The van der Waals surface area contributed by atoms with Gasteiger partial charge in [0.1, 0.15) is 0 Å². The first-order valence-electron chi connectivity index (χ1n) is 18.1. The van der Waals surface area contributed by atoms with Crippen LogP contribution in [-0.4, -0.2) is 103 Å². The second-order valence-corrected chi connectivity index (χ2v) is 15.7. The number of carboxylic acids is 2. The number of amides is 2. The van der Waals surface area contributed by atoms with Gasteiger partial charge >= 0.3 is 44.7 Å². The molecule has 0 radical (unpaired) electrons. The van der Waals surface area contributed by atoms with Gasteiger partial charge in [-0.1, -0.05) is 51.0 Å². The van der Waals surface area contributed by atoms with E-state index in [1.165, 1.54) is 0 Å². The highest BCUT2D eigenvalue weighted by molar-refractivity contribution is 7.81. The van der Waals surface area contributed by atoms with Crippen molar-refractivity contribution in [1.29, 1.82) is 0 Å². The quantitative estimate of drug-likeness (QED) is 0.0410. The molecule has 0 saturated carbocycles. The number of nitrogens with zero attached hydrogens (tertiary/aromatic N) is 1. The van der Waals surface area contributed by atoms with Crippen molar-refractivity contribution in [1.82, 2.24) is 4.90 Å². The number of rotatable bonds is 19. The summed E-state index contributed by atoms with van der Waals surface area (Å²) < 4.78 is 70.0. The number of hydrogen-bond acceptors (Lipinski definition) is 14. The van der Waals surface area contributed by atoms with E-state index in [-0.39, 0.29) is 68.0 Å². The van der Waals surface area contributed by atoms with E-state index in [1.807, 2.05) is 38.2 Å². The predicted molar refractivity (Wildman–Crippen MR) is 191 cm³/mol. The topological polar surface area (TPSA) is 309 Å². The van der Waals surface area contributed by atoms with Gasteiger partial charge in [0.15, 0.2) is 0 Å². The van der Waals surface area contributed by atoms with Gasteiger partial charge in [0.25, 0.3) is 0 Å². The van der Waals surface area contributed by atoms with Crippen LogP contribution in [0.25, 0.3) is 0 Å². The molecular formula is C34H52N2O17S2. The lowest BCUT2D eigenvalue weighted by Gasteiger charge is -2.32. The number of hydrogen-bond donors (Lipinski definition) is 5. The number of imide groups is 1. The Hall–Kier alpha value is -3.60. The lowest BCUT2D eigenvalue weighted by atomic mass is 9.69. The third kappa shape index (κ3) is 15.1. The van der Waals surface area contributed by atoms with Crippen LogP contribution in [0.3, 0.4) is 0 Å². The van der Waals surface area contributed by atoms with Crippen LogP contribution in [0.2, 0.25) is 0 Å². The molecule has 6 N–H and O–H groups in total. The van der Waals surface area contributed by atoms with Gasteiger partial charge in [-0.05, 0) is 62.2 Å². The number of esters is 2. The Morgan fingerprint density at radius 2 is 1.04 bits per heavy atom. The van der Waals surface area contributed by atoms with Crippen molar-refractivity contribution in [2.24, 2.45) is 53.1 Å². The lowest BCUT2D eigenvalue weighted by Crippen LogP contribution is -2.35. The average molecular weight is 825 g/mol. The van der Waals surface area contributed by atoms with Gasteiger partial charge in [0.05, 0.1) is 43.4 Å². The van der Waals surface area contributed by atoms with Crippen LogP contribution in [0.15, 0.2) is 24.3 Å². The highest BCUT2D eigenvalue weighted by atomic mass is 32.3. The summed E-state index contributed by atoms with van der Waals surface area (Å²) in [6.45, 7) is 3.15. The number of carboxylic acid groups (broad SMARTS) is 2. The first-order chi connectivity index (χ1) is 25.8. The van der Waals surface area contributed by atoms with Gasteiger partial charge in [-0.25, -0.2) is 8.37 Å². The zero-order valence-electron chi connectivity index (χ0n) is 30.8. The Kier molecular flexibility index (Phi) is 19.2. The van der Waals surface area contributed by atoms with E-state index >= 15 is 0 Å². The fourth-order valence-electron chi connectivity index (χ4n) is 7.49. The number of carbonyl (C=O) groups is 6. The SMILES string of the molecule is CCCC1C=CC(CCCC(=O)O)C2C(=O)N(CCOS(=O)(=O)O)C(=O)C12.CCCC1C=CC(CCCC(=O)O)C2C(=O)OC(=O)C12.NCCOS(=O)(=O)O. The maximum absolute atomic E-state index is 12.9. The second kappa shape index (κ2) is 22.2. The number of aliphatic carboxylic acids is 2. The molecule has 21 heteroatoms. The molecule has 0 aromatic rings. The van der Waals surface area contributed by atoms with Crippen LogP contribution in [-0.2, 0) is 62.7 Å². The normalized spacial score (nSPS) is 27.0. The van der Waals surface area contributed by atoms with Crippen LogP contribution in [0.5, 0.6) is 0 Å². The summed E-state index contributed by atoms with van der Waals surface area (Å²) in [5, 5.41) is 17.5. The summed E-state index contributed by atoms with van der Waals surface area (Å²) >= 11 is 0. The fraction of sp³-hybridized carbons (Fsp3) is 0.706. The molecule has 4 aliphatic rings. The van der Waals surface area contributed by atoms with Crippen molar-refractivity contribution < 1.29 is 78.0 Å². The maximum atomic E-state index is 12.9. The molecule has 0 spiro atoms.